The molecule has 0 amide bonds. The Morgan fingerprint density at radius 2 is 2.11 bits per heavy atom. The third-order valence-electron chi connectivity index (χ3n) is 2.69. The van der Waals surface area contributed by atoms with E-state index in [-0.39, 0.29) is 5.69 Å². The first-order valence-electron chi connectivity index (χ1n) is 5.69. The smallest absolute Gasteiger partial charge is 0.360 e. The van der Waals surface area contributed by atoms with Gasteiger partial charge in [0.2, 0.25) is 0 Å². The van der Waals surface area contributed by atoms with Crippen LogP contribution in [0.1, 0.15) is 16.1 Å². The summed E-state index contributed by atoms with van der Waals surface area (Å²) in [4.78, 5) is 11.4. The average molecular weight is 261 g/mol. The van der Waals surface area contributed by atoms with E-state index >= 15 is 0 Å². The van der Waals surface area contributed by atoms with Crippen molar-refractivity contribution in [2.75, 3.05) is 20.0 Å². The summed E-state index contributed by atoms with van der Waals surface area (Å²) in [5.74, 6) is 0.215. The standard InChI is InChI=1S/C13H15N3O3/c1-18-11-6-4-3-5-9(11)7-16-8-10(14)12(15-16)13(17)19-2/h3-6,8H,7,14H2,1-2H3. The van der Waals surface area contributed by atoms with Gasteiger partial charge in [-0.15, -0.1) is 0 Å². The van der Waals surface area contributed by atoms with Gasteiger partial charge in [-0.25, -0.2) is 4.79 Å². The van der Waals surface area contributed by atoms with Gasteiger partial charge in [0.05, 0.1) is 26.5 Å². The van der Waals surface area contributed by atoms with Crippen LogP contribution < -0.4 is 10.5 Å². The number of nitrogens with two attached hydrogens (primary N) is 1. The van der Waals surface area contributed by atoms with Gasteiger partial charge >= 0.3 is 5.97 Å². The molecule has 2 rings (SSSR count). The van der Waals surface area contributed by atoms with Crippen molar-refractivity contribution in [3.63, 3.8) is 0 Å². The molecule has 100 valence electrons. The number of ether oxygens (including phenoxy) is 2. The van der Waals surface area contributed by atoms with E-state index in [2.05, 4.69) is 9.84 Å². The van der Waals surface area contributed by atoms with Crippen LogP contribution in [0.4, 0.5) is 5.69 Å². The molecule has 0 aliphatic rings. The minimum Gasteiger partial charge on any atom is -0.496 e. The van der Waals surface area contributed by atoms with Crippen molar-refractivity contribution in [3.8, 4) is 5.75 Å². The van der Waals surface area contributed by atoms with Crippen molar-refractivity contribution in [1.82, 2.24) is 9.78 Å². The lowest BCUT2D eigenvalue weighted by Gasteiger charge is -2.07. The summed E-state index contributed by atoms with van der Waals surface area (Å²) in [6.07, 6.45) is 1.60. The third kappa shape index (κ3) is 2.67. The first-order chi connectivity index (χ1) is 9.15. The van der Waals surface area contributed by atoms with Gasteiger partial charge in [0.15, 0.2) is 5.69 Å². The molecule has 0 fully saturated rings. The quantitative estimate of drug-likeness (QED) is 0.839. The Hall–Kier alpha value is -2.50. The number of hydrogen-bond donors (Lipinski definition) is 1. The van der Waals surface area contributed by atoms with Gasteiger partial charge < -0.3 is 15.2 Å². The van der Waals surface area contributed by atoms with E-state index in [1.54, 1.807) is 18.0 Å². The molecule has 1 aromatic heterocycles. The monoisotopic (exact) mass is 261 g/mol. The highest BCUT2D eigenvalue weighted by molar-refractivity contribution is 5.92. The summed E-state index contributed by atoms with van der Waals surface area (Å²) < 4.78 is 11.4. The molecule has 0 aliphatic heterocycles. The SMILES string of the molecule is COC(=O)c1nn(Cc2ccccc2OC)cc1N. The van der Waals surface area contributed by atoms with Crippen molar-refractivity contribution in [2.45, 2.75) is 6.54 Å². The molecule has 0 spiro atoms. The molecule has 2 N–H and O–H groups in total. The molecular weight excluding hydrogens is 246 g/mol. The van der Waals surface area contributed by atoms with Gasteiger partial charge in [-0.05, 0) is 6.07 Å². The lowest BCUT2D eigenvalue weighted by atomic mass is 10.2. The molecule has 6 nitrogen and oxygen atoms in total. The molecule has 0 bridgehead atoms. The average Bonchev–Trinajstić information content (AvgIpc) is 2.79. The molecule has 1 aromatic carbocycles. The van der Waals surface area contributed by atoms with Crippen LogP contribution in [-0.2, 0) is 11.3 Å². The Labute approximate surface area is 110 Å². The summed E-state index contributed by atoms with van der Waals surface area (Å²) in [5, 5.41) is 4.11. The largest absolute Gasteiger partial charge is 0.496 e. The second kappa shape index (κ2) is 5.43. The molecular formula is C13H15N3O3. The van der Waals surface area contributed by atoms with E-state index in [0.29, 0.717) is 12.2 Å². The highest BCUT2D eigenvalue weighted by atomic mass is 16.5. The molecule has 2 aromatic rings. The van der Waals surface area contributed by atoms with E-state index in [9.17, 15) is 4.79 Å². The Kier molecular flexibility index (Phi) is 3.70. The van der Waals surface area contributed by atoms with Crippen LogP contribution in [0, 0.1) is 0 Å². The Balaban J connectivity index is 2.27. The van der Waals surface area contributed by atoms with E-state index in [1.165, 1.54) is 7.11 Å². The molecule has 0 saturated carbocycles. The maximum absolute atomic E-state index is 11.4. The number of methoxy groups -OCH3 is 2. The zero-order chi connectivity index (χ0) is 13.8. The number of carbonyl (C=O) groups excluding carboxylic acids is 1. The number of para-hydroxylation sites is 1. The molecule has 19 heavy (non-hydrogen) atoms. The van der Waals surface area contributed by atoms with Gasteiger partial charge in [0, 0.05) is 11.8 Å². The van der Waals surface area contributed by atoms with Gasteiger partial charge in [-0.3, -0.25) is 4.68 Å². The van der Waals surface area contributed by atoms with Crippen LogP contribution in [0.5, 0.6) is 5.75 Å². The lowest BCUT2D eigenvalue weighted by Crippen LogP contribution is -2.07. The number of hydrogen-bond acceptors (Lipinski definition) is 5. The Morgan fingerprint density at radius 3 is 2.79 bits per heavy atom. The fourth-order valence-corrected chi connectivity index (χ4v) is 1.78. The number of anilines is 1. The molecule has 0 saturated heterocycles. The Bertz CT molecular complexity index is 593. The third-order valence-corrected chi connectivity index (χ3v) is 2.69. The fourth-order valence-electron chi connectivity index (χ4n) is 1.78. The summed E-state index contributed by atoms with van der Waals surface area (Å²) in [7, 11) is 2.90. The first kappa shape index (κ1) is 12.9. The number of esters is 1. The number of rotatable bonds is 4. The second-order valence-electron chi connectivity index (χ2n) is 3.93. The molecule has 0 atom stereocenters. The zero-order valence-electron chi connectivity index (χ0n) is 10.8. The van der Waals surface area contributed by atoms with E-state index < -0.39 is 5.97 Å². The molecule has 1 heterocycles. The van der Waals surface area contributed by atoms with Gasteiger partial charge in [-0.2, -0.15) is 5.10 Å². The fraction of sp³-hybridized carbons (Fsp3) is 0.231. The number of aromatic nitrogens is 2. The second-order valence-corrected chi connectivity index (χ2v) is 3.93. The zero-order valence-corrected chi connectivity index (χ0v) is 10.8. The molecule has 6 heteroatoms. The topological polar surface area (TPSA) is 79.4 Å². The van der Waals surface area contributed by atoms with Crippen LogP contribution in [-0.4, -0.2) is 30.0 Å². The molecule has 0 radical (unpaired) electrons. The molecule has 0 unspecified atom stereocenters. The summed E-state index contributed by atoms with van der Waals surface area (Å²) in [5.41, 5.74) is 7.09. The number of nitrogens with zero attached hydrogens (tertiary/aromatic N) is 2. The summed E-state index contributed by atoms with van der Waals surface area (Å²) >= 11 is 0. The van der Waals surface area contributed by atoms with Crippen LogP contribution in [0.25, 0.3) is 0 Å². The summed E-state index contributed by atoms with van der Waals surface area (Å²) in [6.45, 7) is 0.463. The maximum atomic E-state index is 11.4. The highest BCUT2D eigenvalue weighted by Crippen LogP contribution is 2.19. The van der Waals surface area contributed by atoms with Crippen molar-refractivity contribution in [3.05, 3.63) is 41.7 Å². The van der Waals surface area contributed by atoms with Crippen LogP contribution in [0.15, 0.2) is 30.5 Å². The van der Waals surface area contributed by atoms with Crippen molar-refractivity contribution in [2.24, 2.45) is 0 Å². The number of carbonyl (C=O) groups is 1. The van der Waals surface area contributed by atoms with Crippen molar-refractivity contribution < 1.29 is 14.3 Å². The van der Waals surface area contributed by atoms with Gasteiger partial charge in [0.1, 0.15) is 5.75 Å². The van der Waals surface area contributed by atoms with Gasteiger partial charge in [0.25, 0.3) is 0 Å². The minimum atomic E-state index is -0.545. The minimum absolute atomic E-state index is 0.123. The molecule has 0 aliphatic carbocycles. The lowest BCUT2D eigenvalue weighted by molar-refractivity contribution is 0.0594. The van der Waals surface area contributed by atoms with Crippen LogP contribution >= 0.6 is 0 Å². The summed E-state index contributed by atoms with van der Waals surface area (Å²) in [6, 6.07) is 7.59. The normalized spacial score (nSPS) is 10.2. The van der Waals surface area contributed by atoms with Crippen molar-refractivity contribution >= 4 is 11.7 Å². The van der Waals surface area contributed by atoms with E-state index in [4.69, 9.17) is 10.5 Å². The maximum Gasteiger partial charge on any atom is 0.360 e. The Morgan fingerprint density at radius 1 is 1.37 bits per heavy atom. The van der Waals surface area contributed by atoms with Crippen LogP contribution in [0.2, 0.25) is 0 Å². The van der Waals surface area contributed by atoms with Crippen LogP contribution in [0.3, 0.4) is 0 Å². The predicted octanol–water partition coefficient (Wildman–Crippen LogP) is 1.31. The van der Waals surface area contributed by atoms with Gasteiger partial charge in [-0.1, -0.05) is 18.2 Å². The first-order valence-corrected chi connectivity index (χ1v) is 5.69. The predicted molar refractivity (Wildman–Crippen MR) is 70.1 cm³/mol. The van der Waals surface area contributed by atoms with E-state index in [0.717, 1.165) is 11.3 Å². The number of benzene rings is 1. The number of nitrogen functional groups attached to an aromatic ring is 1. The van der Waals surface area contributed by atoms with E-state index in [1.807, 2.05) is 24.3 Å². The highest BCUT2D eigenvalue weighted by Gasteiger charge is 2.15. The van der Waals surface area contributed by atoms with Crippen molar-refractivity contribution in [1.29, 1.82) is 0 Å².